The number of amides is 4. The molecule has 3 aliphatic heterocycles. The fraction of sp³-hybridized carbons (Fsp3) is 0.265. The number of benzene rings is 4. The first-order valence-corrected chi connectivity index (χ1v) is 22.0. The van der Waals surface area contributed by atoms with Crippen LogP contribution in [0.25, 0.3) is 16.8 Å². The van der Waals surface area contributed by atoms with Crippen LogP contribution in [0, 0.1) is 18.8 Å². The molecule has 16 heteroatoms. The summed E-state index contributed by atoms with van der Waals surface area (Å²) in [4.78, 5) is 61.1. The number of aromatic nitrogens is 3. The highest BCUT2D eigenvalue weighted by Crippen LogP contribution is 2.40. The summed E-state index contributed by atoms with van der Waals surface area (Å²) >= 11 is 3.71. The number of halogens is 4. The number of nitrogens with one attached hydrogen (secondary N) is 2. The average molecular weight is 944 g/mol. The number of alkyl halides is 3. The summed E-state index contributed by atoms with van der Waals surface area (Å²) in [5.41, 5.74) is 6.03. The van der Waals surface area contributed by atoms with E-state index >= 15 is 0 Å². The summed E-state index contributed by atoms with van der Waals surface area (Å²) in [6.07, 6.45) is 0.286. The largest absolute Gasteiger partial charge is 0.418 e. The van der Waals surface area contributed by atoms with Crippen LogP contribution in [0.5, 0.6) is 0 Å². The second-order valence-electron chi connectivity index (χ2n) is 16.5. The quantitative estimate of drug-likeness (QED) is 0.116. The summed E-state index contributed by atoms with van der Waals surface area (Å²) in [6, 6.07) is 23.2. The molecule has 12 nitrogen and oxygen atoms in total. The number of nitrogens with zero attached hydrogens (tertiary/aromatic N) is 6. The molecule has 0 bridgehead atoms. The molecule has 1 atom stereocenters. The Bertz CT molecular complexity index is 2970. The van der Waals surface area contributed by atoms with Gasteiger partial charge < -0.3 is 15.1 Å². The molecule has 0 saturated carbocycles. The first kappa shape index (κ1) is 43.4. The first-order valence-electron chi connectivity index (χ1n) is 21.2. The van der Waals surface area contributed by atoms with E-state index in [4.69, 9.17) is 0 Å². The highest BCUT2D eigenvalue weighted by Gasteiger charge is 2.41. The van der Waals surface area contributed by atoms with Crippen LogP contribution in [0.15, 0.2) is 102 Å². The van der Waals surface area contributed by atoms with Crippen LogP contribution in [0.4, 0.5) is 24.5 Å². The lowest BCUT2D eigenvalue weighted by Crippen LogP contribution is -2.52. The first-order chi connectivity index (χ1) is 31.2. The zero-order valence-corrected chi connectivity index (χ0v) is 37.0. The normalized spacial score (nSPS) is 16.7. The molecule has 5 heterocycles. The lowest BCUT2D eigenvalue weighted by atomic mass is 9.95. The van der Waals surface area contributed by atoms with E-state index in [0.717, 1.165) is 38.4 Å². The molecular weight excluding hydrogens is 901 g/mol. The van der Waals surface area contributed by atoms with Gasteiger partial charge in [-0.3, -0.25) is 29.4 Å². The van der Waals surface area contributed by atoms with Crippen LogP contribution in [-0.2, 0) is 28.9 Å². The van der Waals surface area contributed by atoms with Crippen molar-refractivity contribution in [1.29, 1.82) is 0 Å². The second-order valence-corrected chi connectivity index (χ2v) is 17.3. The molecule has 9 rings (SSSR count). The predicted molar refractivity (Wildman–Crippen MR) is 242 cm³/mol. The number of piperidine rings is 2. The third-order valence-electron chi connectivity index (χ3n) is 12.5. The molecular formula is C49H42BrF3N8O4. The molecule has 4 amide bonds. The van der Waals surface area contributed by atoms with Crippen LogP contribution < -0.4 is 15.5 Å². The minimum atomic E-state index is -4.69. The van der Waals surface area contributed by atoms with Crippen LogP contribution in [0.2, 0.25) is 0 Å². The lowest BCUT2D eigenvalue weighted by molar-refractivity contribution is -0.138. The second kappa shape index (κ2) is 17.6. The van der Waals surface area contributed by atoms with Gasteiger partial charge in [0.2, 0.25) is 11.8 Å². The Hall–Kier alpha value is -6.83. The SMILES string of the molecule is Cc1ccc(-c2ccccc2C(=O)Nc2ccc(N3CCC(N(C)Cc4ccc5c(c4Br)CN(C4CCC(=O)NC4=O)C5=O)CC3)c(C(F)(F)F)c2)cc1C#Cc1cnc2cccnn12. The van der Waals surface area contributed by atoms with Gasteiger partial charge in [-0.15, -0.1) is 0 Å². The summed E-state index contributed by atoms with van der Waals surface area (Å²) in [7, 11) is 1.98. The zero-order valence-electron chi connectivity index (χ0n) is 35.4. The van der Waals surface area contributed by atoms with Crippen molar-refractivity contribution in [2.45, 2.75) is 64.0 Å². The van der Waals surface area contributed by atoms with Gasteiger partial charge >= 0.3 is 6.18 Å². The van der Waals surface area contributed by atoms with Crippen molar-refractivity contribution in [1.82, 2.24) is 29.7 Å². The molecule has 2 aromatic heterocycles. The number of aryl methyl sites for hydroxylation is 1. The van der Waals surface area contributed by atoms with Gasteiger partial charge in [0.1, 0.15) is 11.7 Å². The number of rotatable bonds is 8. The van der Waals surface area contributed by atoms with Gasteiger partial charge in [-0.1, -0.05) is 58.2 Å². The van der Waals surface area contributed by atoms with E-state index < -0.39 is 29.6 Å². The lowest BCUT2D eigenvalue weighted by Gasteiger charge is -2.39. The summed E-state index contributed by atoms with van der Waals surface area (Å²) in [5.74, 6) is 4.72. The summed E-state index contributed by atoms with van der Waals surface area (Å²) in [5, 5.41) is 9.37. The predicted octanol–water partition coefficient (Wildman–Crippen LogP) is 8.00. The molecule has 6 aromatic rings. The van der Waals surface area contributed by atoms with E-state index in [-0.39, 0.29) is 48.6 Å². The van der Waals surface area contributed by atoms with Crippen LogP contribution in [0.3, 0.4) is 0 Å². The van der Waals surface area contributed by atoms with Gasteiger partial charge in [-0.05, 0) is 116 Å². The van der Waals surface area contributed by atoms with Gasteiger partial charge in [0.15, 0.2) is 5.65 Å². The third kappa shape index (κ3) is 8.73. The molecule has 1 unspecified atom stereocenters. The molecule has 65 heavy (non-hydrogen) atoms. The highest BCUT2D eigenvalue weighted by atomic mass is 79.9. The molecule has 2 fully saturated rings. The Morgan fingerprint density at radius 2 is 1.75 bits per heavy atom. The number of hydrogen-bond donors (Lipinski definition) is 2. The molecule has 3 aliphatic rings. The van der Waals surface area contributed by atoms with Gasteiger partial charge in [-0.25, -0.2) is 9.50 Å². The molecule has 0 radical (unpaired) electrons. The van der Waals surface area contributed by atoms with Crippen molar-refractivity contribution < 1.29 is 32.3 Å². The van der Waals surface area contributed by atoms with E-state index in [9.17, 15) is 32.3 Å². The fourth-order valence-electron chi connectivity index (χ4n) is 8.94. The Morgan fingerprint density at radius 3 is 2.54 bits per heavy atom. The zero-order chi connectivity index (χ0) is 45.6. The maximum absolute atomic E-state index is 14.8. The molecule has 330 valence electrons. The Kier molecular flexibility index (Phi) is 11.8. The minimum absolute atomic E-state index is 0.0226. The maximum Gasteiger partial charge on any atom is 0.418 e. The van der Waals surface area contributed by atoms with Crippen molar-refractivity contribution in [3.05, 3.63) is 146 Å². The van der Waals surface area contributed by atoms with Crippen molar-refractivity contribution >= 4 is 56.6 Å². The number of imidazole rings is 1. The van der Waals surface area contributed by atoms with Crippen LogP contribution in [-0.4, -0.2) is 80.2 Å². The van der Waals surface area contributed by atoms with Crippen molar-refractivity contribution in [2.75, 3.05) is 30.4 Å². The molecule has 4 aromatic carbocycles. The Morgan fingerprint density at radius 1 is 0.954 bits per heavy atom. The number of carbonyl (C=O) groups excluding carboxylic acids is 4. The van der Waals surface area contributed by atoms with E-state index in [0.29, 0.717) is 60.5 Å². The topological polar surface area (TPSA) is 132 Å². The summed E-state index contributed by atoms with van der Waals surface area (Å²) in [6.45, 7) is 3.47. The standard InChI is InChI=1S/C49H42BrF3N8O4/c1-29-9-10-31(24-30(29)11-14-35-26-54-43-8-5-21-55-61(35)43)36-6-3-4-7-37(36)46(63)56-33-13-16-41(40(25-33)49(51,52)53)59-22-19-34(20-23-59)58(2)27-32-12-15-38-39(45(32)50)28-60(48(38)65)42-17-18-44(62)57-47(42)64/h3-10,12-13,15-16,21,24-26,34,42H,17-20,22-23,27-28H2,1-2H3,(H,56,63)(H,57,62,64). The number of fused-ring (bicyclic) bond motifs is 2. The fourth-order valence-corrected chi connectivity index (χ4v) is 9.53. The monoisotopic (exact) mass is 942 g/mol. The molecule has 0 aliphatic carbocycles. The van der Waals surface area contributed by atoms with Crippen molar-refractivity contribution in [3.63, 3.8) is 0 Å². The van der Waals surface area contributed by atoms with E-state index in [1.807, 2.05) is 44.3 Å². The maximum atomic E-state index is 14.8. The van der Waals surface area contributed by atoms with Gasteiger partial charge in [0.25, 0.3) is 11.8 Å². The van der Waals surface area contributed by atoms with Crippen molar-refractivity contribution in [2.24, 2.45) is 0 Å². The number of anilines is 2. The van der Waals surface area contributed by atoms with Crippen molar-refractivity contribution in [3.8, 4) is 23.0 Å². The number of imide groups is 1. The molecule has 0 spiro atoms. The summed E-state index contributed by atoms with van der Waals surface area (Å²) < 4.78 is 46.7. The Labute approximate surface area is 380 Å². The smallest absolute Gasteiger partial charge is 0.371 e. The van der Waals surface area contributed by atoms with Gasteiger partial charge in [0.05, 0.1) is 11.8 Å². The van der Waals surface area contributed by atoms with E-state index in [2.05, 4.69) is 53.4 Å². The van der Waals surface area contributed by atoms with Crippen LogP contribution in [0.1, 0.15) is 79.9 Å². The minimum Gasteiger partial charge on any atom is -0.371 e. The van der Waals surface area contributed by atoms with Gasteiger partial charge in [-0.2, -0.15) is 18.3 Å². The Balaban J connectivity index is 0.863. The highest BCUT2D eigenvalue weighted by molar-refractivity contribution is 9.10. The van der Waals surface area contributed by atoms with E-state index in [1.54, 1.807) is 58.2 Å². The molecule has 2 N–H and O–H groups in total. The van der Waals surface area contributed by atoms with Crippen LogP contribution >= 0.6 is 15.9 Å². The molecule has 2 saturated heterocycles. The average Bonchev–Trinajstić information content (AvgIpc) is 3.87. The van der Waals surface area contributed by atoms with E-state index in [1.165, 1.54) is 17.0 Å². The number of hydrogen-bond acceptors (Lipinski definition) is 8. The third-order valence-corrected chi connectivity index (χ3v) is 13.4. The van der Waals surface area contributed by atoms with Gasteiger partial charge in [0, 0.05) is 77.4 Å². The number of carbonyl (C=O) groups is 4.